The minimum Gasteiger partial charge on any atom is -0.388 e. The van der Waals surface area contributed by atoms with Gasteiger partial charge in [-0.05, 0) is 24.6 Å². The highest BCUT2D eigenvalue weighted by atomic mass is 35.5. The molecule has 1 N–H and O–H groups in total. The van der Waals surface area contributed by atoms with Gasteiger partial charge in [0.1, 0.15) is 12.3 Å². The lowest BCUT2D eigenvalue weighted by Crippen LogP contribution is -1.80. The van der Waals surface area contributed by atoms with E-state index in [4.69, 9.17) is 21.2 Å². The summed E-state index contributed by atoms with van der Waals surface area (Å²) in [6.07, 6.45) is 0. The van der Waals surface area contributed by atoms with Crippen LogP contribution in [0.3, 0.4) is 0 Å². The first-order valence-corrected chi connectivity index (χ1v) is 4.91. The van der Waals surface area contributed by atoms with E-state index in [1.165, 1.54) is 0 Å². The first-order valence-electron chi connectivity index (χ1n) is 4.53. The Hall–Kier alpha value is -1.32. The van der Waals surface area contributed by atoms with Gasteiger partial charge >= 0.3 is 0 Å². The summed E-state index contributed by atoms with van der Waals surface area (Å²) in [6.45, 7) is 1.79. The SMILES string of the molecule is Cc1cc(-c2cc(CO)on2)ccc1Cl. The van der Waals surface area contributed by atoms with E-state index in [0.29, 0.717) is 11.5 Å². The monoisotopic (exact) mass is 223 g/mol. The summed E-state index contributed by atoms with van der Waals surface area (Å²) in [5.74, 6) is 0.456. The van der Waals surface area contributed by atoms with Crippen LogP contribution in [-0.2, 0) is 6.61 Å². The molecule has 15 heavy (non-hydrogen) atoms. The predicted molar refractivity (Wildman–Crippen MR) is 57.6 cm³/mol. The zero-order valence-corrected chi connectivity index (χ0v) is 8.95. The van der Waals surface area contributed by atoms with Crippen LogP contribution in [0, 0.1) is 6.92 Å². The molecule has 0 amide bonds. The molecule has 0 bridgehead atoms. The van der Waals surface area contributed by atoms with E-state index in [1.807, 2.05) is 25.1 Å². The molecule has 1 heterocycles. The number of benzene rings is 1. The molecule has 1 aromatic heterocycles. The first-order chi connectivity index (χ1) is 7.20. The summed E-state index contributed by atoms with van der Waals surface area (Å²) in [5.41, 5.74) is 2.63. The number of hydrogen-bond acceptors (Lipinski definition) is 3. The summed E-state index contributed by atoms with van der Waals surface area (Å²) in [6, 6.07) is 7.33. The third-order valence-corrected chi connectivity index (χ3v) is 2.59. The third kappa shape index (κ3) is 2.03. The Morgan fingerprint density at radius 1 is 1.40 bits per heavy atom. The van der Waals surface area contributed by atoms with Crippen molar-refractivity contribution in [3.8, 4) is 11.3 Å². The summed E-state index contributed by atoms with van der Waals surface area (Å²) in [5, 5.41) is 13.4. The topological polar surface area (TPSA) is 46.3 Å². The van der Waals surface area contributed by atoms with E-state index in [0.717, 1.165) is 16.1 Å². The zero-order chi connectivity index (χ0) is 10.8. The van der Waals surface area contributed by atoms with Gasteiger partial charge in [-0.3, -0.25) is 0 Å². The van der Waals surface area contributed by atoms with Gasteiger partial charge in [0.15, 0.2) is 5.76 Å². The third-order valence-electron chi connectivity index (χ3n) is 2.17. The van der Waals surface area contributed by atoms with Gasteiger partial charge < -0.3 is 9.63 Å². The second-order valence-corrected chi connectivity index (χ2v) is 3.71. The Balaban J connectivity index is 2.40. The Morgan fingerprint density at radius 3 is 2.80 bits per heavy atom. The summed E-state index contributed by atoms with van der Waals surface area (Å²) >= 11 is 5.92. The van der Waals surface area contributed by atoms with Crippen LogP contribution in [-0.4, -0.2) is 10.3 Å². The predicted octanol–water partition coefficient (Wildman–Crippen LogP) is 2.80. The van der Waals surface area contributed by atoms with Crippen LogP contribution in [0.25, 0.3) is 11.3 Å². The fourth-order valence-corrected chi connectivity index (χ4v) is 1.45. The molecule has 0 spiro atoms. The number of halogens is 1. The van der Waals surface area contributed by atoms with E-state index in [2.05, 4.69) is 5.16 Å². The molecule has 2 rings (SSSR count). The van der Waals surface area contributed by atoms with E-state index >= 15 is 0 Å². The minimum atomic E-state index is -0.139. The van der Waals surface area contributed by atoms with Gasteiger partial charge in [-0.25, -0.2) is 0 Å². The van der Waals surface area contributed by atoms with Crippen molar-refractivity contribution >= 4 is 11.6 Å². The average molecular weight is 224 g/mol. The smallest absolute Gasteiger partial charge is 0.162 e. The fourth-order valence-electron chi connectivity index (χ4n) is 1.33. The quantitative estimate of drug-likeness (QED) is 0.852. The van der Waals surface area contributed by atoms with E-state index < -0.39 is 0 Å². The molecule has 0 unspecified atom stereocenters. The van der Waals surface area contributed by atoms with Crippen molar-refractivity contribution in [3.05, 3.63) is 40.6 Å². The van der Waals surface area contributed by atoms with Crippen LogP contribution in [0.15, 0.2) is 28.8 Å². The molecule has 4 heteroatoms. The number of aliphatic hydroxyl groups is 1. The van der Waals surface area contributed by atoms with Gasteiger partial charge in [0, 0.05) is 16.7 Å². The maximum absolute atomic E-state index is 8.84. The zero-order valence-electron chi connectivity index (χ0n) is 8.20. The Kier molecular flexibility index (Phi) is 2.75. The molecule has 78 valence electrons. The Labute approximate surface area is 92.3 Å². The molecule has 0 radical (unpaired) electrons. The van der Waals surface area contributed by atoms with Crippen LogP contribution in [0.5, 0.6) is 0 Å². The molecule has 0 atom stereocenters. The molecule has 1 aromatic carbocycles. The van der Waals surface area contributed by atoms with Crippen LogP contribution < -0.4 is 0 Å². The highest BCUT2D eigenvalue weighted by Crippen LogP contribution is 2.24. The van der Waals surface area contributed by atoms with Gasteiger partial charge in [-0.1, -0.05) is 22.8 Å². The highest BCUT2D eigenvalue weighted by Gasteiger charge is 2.06. The standard InChI is InChI=1S/C11H10ClNO2/c1-7-4-8(2-3-10(7)12)11-5-9(6-14)15-13-11/h2-5,14H,6H2,1H3. The van der Waals surface area contributed by atoms with Crippen LogP contribution in [0.4, 0.5) is 0 Å². The Bertz CT molecular complexity index is 479. The minimum absolute atomic E-state index is 0.139. The maximum Gasteiger partial charge on any atom is 0.162 e. The number of aliphatic hydroxyl groups excluding tert-OH is 1. The van der Waals surface area contributed by atoms with Crippen LogP contribution in [0.1, 0.15) is 11.3 Å². The van der Waals surface area contributed by atoms with E-state index in [1.54, 1.807) is 6.07 Å². The number of aromatic nitrogens is 1. The normalized spacial score (nSPS) is 10.6. The van der Waals surface area contributed by atoms with Gasteiger partial charge in [-0.2, -0.15) is 0 Å². The second-order valence-electron chi connectivity index (χ2n) is 3.30. The summed E-state index contributed by atoms with van der Waals surface area (Å²) < 4.78 is 4.91. The second kappa shape index (κ2) is 4.04. The summed E-state index contributed by atoms with van der Waals surface area (Å²) in [7, 11) is 0. The van der Waals surface area contributed by atoms with Gasteiger partial charge in [0.05, 0.1) is 0 Å². The molecular formula is C11H10ClNO2. The highest BCUT2D eigenvalue weighted by molar-refractivity contribution is 6.31. The summed E-state index contributed by atoms with van der Waals surface area (Å²) in [4.78, 5) is 0. The van der Waals surface area contributed by atoms with Crippen LogP contribution in [0.2, 0.25) is 5.02 Å². The van der Waals surface area contributed by atoms with E-state index in [-0.39, 0.29) is 6.61 Å². The largest absolute Gasteiger partial charge is 0.388 e. The van der Waals surface area contributed by atoms with E-state index in [9.17, 15) is 0 Å². The lowest BCUT2D eigenvalue weighted by molar-refractivity contribution is 0.229. The van der Waals surface area contributed by atoms with Crippen molar-refractivity contribution in [2.45, 2.75) is 13.5 Å². The van der Waals surface area contributed by atoms with Crippen molar-refractivity contribution < 1.29 is 9.63 Å². The molecular weight excluding hydrogens is 214 g/mol. The number of rotatable bonds is 2. The van der Waals surface area contributed by atoms with Crippen LogP contribution >= 0.6 is 11.6 Å². The van der Waals surface area contributed by atoms with Crippen molar-refractivity contribution in [2.75, 3.05) is 0 Å². The molecule has 0 aliphatic heterocycles. The molecule has 0 fully saturated rings. The number of hydrogen-bond donors (Lipinski definition) is 1. The lowest BCUT2D eigenvalue weighted by Gasteiger charge is -1.99. The molecule has 2 aromatic rings. The lowest BCUT2D eigenvalue weighted by atomic mass is 10.1. The van der Waals surface area contributed by atoms with Crippen molar-refractivity contribution in [3.63, 3.8) is 0 Å². The molecule has 0 saturated carbocycles. The van der Waals surface area contributed by atoms with Gasteiger partial charge in [0.25, 0.3) is 0 Å². The molecule has 3 nitrogen and oxygen atoms in total. The first kappa shape index (κ1) is 10.2. The molecule has 0 aliphatic carbocycles. The fraction of sp³-hybridized carbons (Fsp3) is 0.182. The van der Waals surface area contributed by atoms with Gasteiger partial charge in [0.2, 0.25) is 0 Å². The molecule has 0 aliphatic rings. The maximum atomic E-state index is 8.84. The number of aryl methyl sites for hydroxylation is 1. The molecule has 0 saturated heterocycles. The Morgan fingerprint density at radius 2 is 2.20 bits per heavy atom. The van der Waals surface area contributed by atoms with Crippen molar-refractivity contribution in [2.24, 2.45) is 0 Å². The number of nitrogens with zero attached hydrogens (tertiary/aromatic N) is 1. The average Bonchev–Trinajstić information content (AvgIpc) is 2.70. The van der Waals surface area contributed by atoms with Gasteiger partial charge in [-0.15, -0.1) is 0 Å². The van der Waals surface area contributed by atoms with Crippen molar-refractivity contribution in [1.29, 1.82) is 0 Å². The van der Waals surface area contributed by atoms with Crippen molar-refractivity contribution in [1.82, 2.24) is 5.16 Å².